The molecule has 0 aliphatic heterocycles. The molecule has 0 saturated heterocycles. The molecular formula is C12H12FN5. The third-order valence-electron chi connectivity index (χ3n) is 2.87. The normalized spacial score (nSPS) is 11.2. The molecule has 1 aromatic carbocycles. The Kier molecular flexibility index (Phi) is 2.29. The molecule has 0 spiro atoms. The quantitative estimate of drug-likeness (QED) is 0.723. The van der Waals surface area contributed by atoms with Crippen LogP contribution in [0.1, 0.15) is 11.3 Å². The van der Waals surface area contributed by atoms with Crippen molar-refractivity contribution in [1.82, 2.24) is 20.0 Å². The Hall–Kier alpha value is -2.37. The minimum atomic E-state index is -0.255. The Balaban J connectivity index is 2.05. The lowest BCUT2D eigenvalue weighted by molar-refractivity contribution is 0.620. The van der Waals surface area contributed by atoms with Gasteiger partial charge in [0, 0.05) is 0 Å². The molecule has 3 rings (SSSR count). The average molecular weight is 245 g/mol. The van der Waals surface area contributed by atoms with E-state index in [0.29, 0.717) is 18.0 Å². The van der Waals surface area contributed by atoms with Crippen LogP contribution >= 0.6 is 0 Å². The van der Waals surface area contributed by atoms with Crippen molar-refractivity contribution in [1.29, 1.82) is 0 Å². The number of anilines is 1. The molecule has 0 atom stereocenters. The Bertz CT molecular complexity index is 712. The summed E-state index contributed by atoms with van der Waals surface area (Å²) in [6.45, 7) is 2.34. The summed E-state index contributed by atoms with van der Waals surface area (Å²) in [5.74, 6) is 0.252. The SMILES string of the molecule is Cc1nn(Cc2cccc(F)c2)c2n[nH]c(N)c12. The summed E-state index contributed by atoms with van der Waals surface area (Å²) in [4.78, 5) is 0. The minimum absolute atomic E-state index is 0.255. The van der Waals surface area contributed by atoms with Gasteiger partial charge in [0.15, 0.2) is 5.65 Å². The van der Waals surface area contributed by atoms with Gasteiger partial charge in [-0.05, 0) is 24.6 Å². The van der Waals surface area contributed by atoms with Crippen molar-refractivity contribution in [2.75, 3.05) is 5.73 Å². The Labute approximate surface area is 102 Å². The second kappa shape index (κ2) is 3.83. The first-order valence-corrected chi connectivity index (χ1v) is 5.56. The Morgan fingerprint density at radius 2 is 2.28 bits per heavy atom. The lowest BCUT2D eigenvalue weighted by Gasteiger charge is -2.02. The monoisotopic (exact) mass is 245 g/mol. The van der Waals surface area contributed by atoms with E-state index in [2.05, 4.69) is 15.3 Å². The first-order chi connectivity index (χ1) is 8.65. The van der Waals surface area contributed by atoms with E-state index in [1.165, 1.54) is 12.1 Å². The molecule has 18 heavy (non-hydrogen) atoms. The Morgan fingerprint density at radius 3 is 3.06 bits per heavy atom. The van der Waals surface area contributed by atoms with Crippen LogP contribution < -0.4 is 5.73 Å². The third kappa shape index (κ3) is 1.62. The van der Waals surface area contributed by atoms with Gasteiger partial charge in [-0.1, -0.05) is 12.1 Å². The number of nitrogens with zero attached hydrogens (tertiary/aromatic N) is 3. The van der Waals surface area contributed by atoms with Crippen molar-refractivity contribution >= 4 is 16.9 Å². The molecule has 0 saturated carbocycles. The van der Waals surface area contributed by atoms with Crippen LogP contribution in [0.3, 0.4) is 0 Å². The second-order valence-electron chi connectivity index (χ2n) is 4.21. The standard InChI is InChI=1S/C12H12FN5/c1-7-10-11(14)15-16-12(10)18(17-7)6-8-3-2-4-9(13)5-8/h2-5H,6H2,1H3,(H3,14,15,16). The maximum Gasteiger partial charge on any atom is 0.182 e. The van der Waals surface area contributed by atoms with E-state index in [-0.39, 0.29) is 5.82 Å². The summed E-state index contributed by atoms with van der Waals surface area (Å²) in [7, 11) is 0. The molecule has 0 bridgehead atoms. The topological polar surface area (TPSA) is 72.5 Å². The molecule has 92 valence electrons. The third-order valence-corrected chi connectivity index (χ3v) is 2.87. The lowest BCUT2D eigenvalue weighted by atomic mass is 10.2. The van der Waals surface area contributed by atoms with Crippen molar-refractivity contribution in [3.8, 4) is 0 Å². The maximum absolute atomic E-state index is 13.1. The van der Waals surface area contributed by atoms with Gasteiger partial charge in [0.05, 0.1) is 17.6 Å². The highest BCUT2D eigenvalue weighted by molar-refractivity contribution is 5.88. The van der Waals surface area contributed by atoms with E-state index in [4.69, 9.17) is 5.73 Å². The predicted molar refractivity (Wildman–Crippen MR) is 66.5 cm³/mol. The lowest BCUT2D eigenvalue weighted by Crippen LogP contribution is -2.02. The molecule has 3 aromatic rings. The van der Waals surface area contributed by atoms with Gasteiger partial charge in [-0.2, -0.15) is 10.2 Å². The summed E-state index contributed by atoms with van der Waals surface area (Å²) in [6, 6.07) is 6.43. The van der Waals surface area contributed by atoms with E-state index in [0.717, 1.165) is 16.6 Å². The van der Waals surface area contributed by atoms with Crippen LogP contribution in [0, 0.1) is 12.7 Å². The number of hydrogen-bond acceptors (Lipinski definition) is 3. The van der Waals surface area contributed by atoms with Gasteiger partial charge in [0.25, 0.3) is 0 Å². The molecule has 0 fully saturated rings. The summed E-state index contributed by atoms with van der Waals surface area (Å²) in [5, 5.41) is 12.0. The van der Waals surface area contributed by atoms with Crippen LogP contribution in [-0.4, -0.2) is 20.0 Å². The summed E-state index contributed by atoms with van der Waals surface area (Å²) < 4.78 is 14.8. The van der Waals surface area contributed by atoms with E-state index < -0.39 is 0 Å². The second-order valence-corrected chi connectivity index (χ2v) is 4.21. The zero-order valence-electron chi connectivity index (χ0n) is 9.81. The van der Waals surface area contributed by atoms with E-state index in [1.54, 1.807) is 10.7 Å². The van der Waals surface area contributed by atoms with Crippen LogP contribution in [-0.2, 0) is 6.54 Å². The number of benzene rings is 1. The molecule has 0 radical (unpaired) electrons. The highest BCUT2D eigenvalue weighted by Crippen LogP contribution is 2.22. The summed E-state index contributed by atoms with van der Waals surface area (Å²) in [5.41, 5.74) is 8.11. The highest BCUT2D eigenvalue weighted by atomic mass is 19.1. The Morgan fingerprint density at radius 1 is 1.44 bits per heavy atom. The number of aryl methyl sites for hydroxylation is 1. The molecule has 6 heteroatoms. The number of fused-ring (bicyclic) bond motifs is 1. The summed E-state index contributed by atoms with van der Waals surface area (Å²) >= 11 is 0. The number of aromatic nitrogens is 4. The molecule has 0 aliphatic rings. The number of aromatic amines is 1. The maximum atomic E-state index is 13.1. The van der Waals surface area contributed by atoms with Crippen LogP contribution in [0.2, 0.25) is 0 Å². The predicted octanol–water partition coefficient (Wildman–Crippen LogP) is 1.84. The number of rotatable bonds is 2. The molecule has 3 N–H and O–H groups in total. The van der Waals surface area contributed by atoms with Gasteiger partial charge >= 0.3 is 0 Å². The van der Waals surface area contributed by atoms with Crippen LogP contribution in [0.15, 0.2) is 24.3 Å². The number of halogens is 1. The number of nitrogen functional groups attached to an aromatic ring is 1. The summed E-state index contributed by atoms with van der Waals surface area (Å²) in [6.07, 6.45) is 0. The van der Waals surface area contributed by atoms with Gasteiger partial charge in [-0.15, -0.1) is 0 Å². The van der Waals surface area contributed by atoms with Gasteiger partial charge in [-0.25, -0.2) is 9.07 Å². The van der Waals surface area contributed by atoms with E-state index in [9.17, 15) is 4.39 Å². The van der Waals surface area contributed by atoms with Crippen LogP contribution in [0.5, 0.6) is 0 Å². The molecule has 0 amide bonds. The highest BCUT2D eigenvalue weighted by Gasteiger charge is 2.13. The van der Waals surface area contributed by atoms with Gasteiger partial charge < -0.3 is 5.73 Å². The fourth-order valence-electron chi connectivity index (χ4n) is 2.09. The fraction of sp³-hybridized carbons (Fsp3) is 0.167. The number of H-pyrrole nitrogens is 1. The largest absolute Gasteiger partial charge is 0.383 e. The number of nitrogens with two attached hydrogens (primary N) is 1. The van der Waals surface area contributed by atoms with E-state index >= 15 is 0 Å². The van der Waals surface area contributed by atoms with Crippen LogP contribution in [0.4, 0.5) is 10.2 Å². The average Bonchev–Trinajstić information content (AvgIpc) is 2.83. The zero-order chi connectivity index (χ0) is 12.7. The van der Waals surface area contributed by atoms with Crippen molar-refractivity contribution < 1.29 is 4.39 Å². The molecular weight excluding hydrogens is 233 g/mol. The van der Waals surface area contributed by atoms with Crippen molar-refractivity contribution in [3.05, 3.63) is 41.3 Å². The van der Waals surface area contributed by atoms with Gasteiger partial charge in [0.2, 0.25) is 0 Å². The van der Waals surface area contributed by atoms with Gasteiger partial charge in [-0.3, -0.25) is 5.10 Å². The first kappa shape index (κ1) is 10.8. The molecule has 2 aromatic heterocycles. The fourth-order valence-corrected chi connectivity index (χ4v) is 2.09. The zero-order valence-corrected chi connectivity index (χ0v) is 9.81. The molecule has 0 aliphatic carbocycles. The molecule has 2 heterocycles. The first-order valence-electron chi connectivity index (χ1n) is 5.56. The van der Waals surface area contributed by atoms with Crippen LogP contribution in [0.25, 0.3) is 11.0 Å². The number of hydrogen-bond donors (Lipinski definition) is 2. The van der Waals surface area contributed by atoms with Gasteiger partial charge in [0.1, 0.15) is 11.6 Å². The van der Waals surface area contributed by atoms with Crippen molar-refractivity contribution in [3.63, 3.8) is 0 Å². The van der Waals surface area contributed by atoms with Crippen molar-refractivity contribution in [2.24, 2.45) is 0 Å². The molecule has 0 unspecified atom stereocenters. The number of nitrogens with one attached hydrogen (secondary N) is 1. The van der Waals surface area contributed by atoms with E-state index in [1.807, 2.05) is 13.0 Å². The molecule has 5 nitrogen and oxygen atoms in total. The van der Waals surface area contributed by atoms with Crippen molar-refractivity contribution in [2.45, 2.75) is 13.5 Å². The smallest absolute Gasteiger partial charge is 0.182 e. The minimum Gasteiger partial charge on any atom is -0.383 e.